The van der Waals surface area contributed by atoms with Crippen molar-refractivity contribution in [1.29, 1.82) is 0 Å². The minimum Gasteiger partial charge on any atom is -0.495 e. The van der Waals surface area contributed by atoms with Crippen molar-refractivity contribution in [3.8, 4) is 17.2 Å². The number of methoxy groups -OCH3 is 1. The molecule has 34 heavy (non-hydrogen) atoms. The van der Waals surface area contributed by atoms with E-state index in [2.05, 4.69) is 17.6 Å². The second-order valence-corrected chi connectivity index (χ2v) is 7.86. The van der Waals surface area contributed by atoms with E-state index in [1.165, 1.54) is 7.11 Å². The van der Waals surface area contributed by atoms with Crippen LogP contribution >= 0.6 is 12.2 Å². The second-order valence-electron chi connectivity index (χ2n) is 7.47. The van der Waals surface area contributed by atoms with Crippen molar-refractivity contribution in [3.63, 3.8) is 0 Å². The van der Waals surface area contributed by atoms with Crippen LogP contribution in [0.5, 0.6) is 17.2 Å². The third-order valence-corrected chi connectivity index (χ3v) is 5.34. The Morgan fingerprint density at radius 2 is 1.91 bits per heavy atom. The molecule has 1 fully saturated rings. The number of ether oxygens (including phenoxy) is 3. The summed E-state index contributed by atoms with van der Waals surface area (Å²) in [6, 6.07) is 12.4. The summed E-state index contributed by atoms with van der Waals surface area (Å²) in [5.41, 5.74) is 1.71. The number of unbranched alkanes of at least 4 members (excludes halogenated alkanes) is 1. The molecule has 0 atom stereocenters. The molecule has 180 valence electrons. The normalized spacial score (nSPS) is 14.2. The van der Waals surface area contributed by atoms with Crippen molar-refractivity contribution in [2.45, 2.75) is 26.7 Å². The van der Waals surface area contributed by atoms with Gasteiger partial charge in [-0.15, -0.1) is 0 Å². The number of nitrogens with zero attached hydrogens (tertiary/aromatic N) is 1. The topological polar surface area (TPSA) is 89.1 Å². The molecule has 0 spiro atoms. The van der Waals surface area contributed by atoms with Gasteiger partial charge in [0.15, 0.2) is 23.2 Å². The van der Waals surface area contributed by atoms with Crippen LogP contribution in [0.15, 0.2) is 48.2 Å². The van der Waals surface area contributed by atoms with E-state index in [-0.39, 0.29) is 18.4 Å². The van der Waals surface area contributed by atoms with Crippen LogP contribution in [-0.2, 0) is 9.59 Å². The molecule has 0 bridgehead atoms. The van der Waals surface area contributed by atoms with Gasteiger partial charge < -0.3 is 24.8 Å². The van der Waals surface area contributed by atoms with Gasteiger partial charge in [0.2, 0.25) is 0 Å². The lowest BCUT2D eigenvalue weighted by molar-refractivity contribution is -0.122. The summed E-state index contributed by atoms with van der Waals surface area (Å²) < 4.78 is 16.7. The molecule has 2 amide bonds. The molecule has 1 aliphatic heterocycles. The summed E-state index contributed by atoms with van der Waals surface area (Å²) in [6.45, 7) is 4.71. The highest BCUT2D eigenvalue weighted by molar-refractivity contribution is 7.80. The van der Waals surface area contributed by atoms with Gasteiger partial charge in [0.1, 0.15) is 11.4 Å². The van der Waals surface area contributed by atoms with Crippen LogP contribution in [0, 0.1) is 0 Å². The number of carbonyl (C=O) groups is 2. The highest BCUT2D eigenvalue weighted by Gasteiger charge is 2.29. The molecule has 0 unspecified atom stereocenters. The number of para-hydroxylation sites is 2. The summed E-state index contributed by atoms with van der Waals surface area (Å²) in [7, 11) is 1.54. The maximum Gasteiger partial charge on any atom is 0.276 e. The van der Waals surface area contributed by atoms with Gasteiger partial charge in [-0.1, -0.05) is 31.5 Å². The number of hydrogen-bond acceptors (Lipinski definition) is 6. The van der Waals surface area contributed by atoms with Crippen LogP contribution < -0.4 is 24.8 Å². The van der Waals surface area contributed by atoms with Gasteiger partial charge in [0.25, 0.3) is 11.8 Å². The molecule has 3 rings (SSSR count). The summed E-state index contributed by atoms with van der Waals surface area (Å²) in [6.07, 6.45) is 3.58. The zero-order valence-corrected chi connectivity index (χ0v) is 20.4. The lowest BCUT2D eigenvalue weighted by Gasteiger charge is -2.14. The van der Waals surface area contributed by atoms with Gasteiger partial charge in [-0.2, -0.15) is 0 Å². The molecule has 1 heterocycles. The average molecular weight is 484 g/mol. The van der Waals surface area contributed by atoms with E-state index in [1.807, 2.05) is 13.0 Å². The van der Waals surface area contributed by atoms with Crippen LogP contribution in [0.2, 0.25) is 0 Å². The largest absolute Gasteiger partial charge is 0.495 e. The molecule has 8 nitrogen and oxygen atoms in total. The van der Waals surface area contributed by atoms with Crippen LogP contribution in [0.1, 0.15) is 32.3 Å². The number of anilines is 1. The first-order valence-corrected chi connectivity index (χ1v) is 11.5. The zero-order chi connectivity index (χ0) is 24.5. The standard InChI is InChI=1S/C25H29N3O5S/c1-4-6-13-28-24(30)19(27-25(28)34)14-17-11-12-21(22(15-17)32-5-2)33-16-23(29)26-18-9-7-8-10-20(18)31-3/h7-12,14-15H,4-6,13,16H2,1-3H3,(H,26,29)(H,27,34)/b19-14+. The minimum atomic E-state index is -0.334. The third kappa shape index (κ3) is 6.26. The molecule has 1 saturated heterocycles. The zero-order valence-electron chi connectivity index (χ0n) is 19.6. The highest BCUT2D eigenvalue weighted by Crippen LogP contribution is 2.30. The van der Waals surface area contributed by atoms with Gasteiger partial charge in [0.05, 0.1) is 19.4 Å². The predicted octanol–water partition coefficient (Wildman–Crippen LogP) is 3.97. The Morgan fingerprint density at radius 1 is 1.12 bits per heavy atom. The minimum absolute atomic E-state index is 0.148. The molecule has 2 N–H and O–H groups in total. The van der Waals surface area contributed by atoms with E-state index in [0.717, 1.165) is 18.4 Å². The van der Waals surface area contributed by atoms with E-state index < -0.39 is 0 Å². The summed E-state index contributed by atoms with van der Waals surface area (Å²) in [5, 5.41) is 6.16. The maximum atomic E-state index is 12.7. The third-order valence-electron chi connectivity index (χ3n) is 5.02. The Bertz CT molecular complexity index is 1090. The van der Waals surface area contributed by atoms with Gasteiger partial charge in [-0.05, 0) is 61.5 Å². The van der Waals surface area contributed by atoms with Gasteiger partial charge in [0, 0.05) is 6.54 Å². The van der Waals surface area contributed by atoms with Crippen LogP contribution in [0.4, 0.5) is 5.69 Å². The first-order valence-electron chi connectivity index (χ1n) is 11.1. The van der Waals surface area contributed by atoms with Crippen LogP contribution in [0.25, 0.3) is 6.08 Å². The number of benzene rings is 2. The number of nitrogens with one attached hydrogen (secondary N) is 2. The lowest BCUT2D eigenvalue weighted by atomic mass is 10.1. The fraction of sp³-hybridized carbons (Fsp3) is 0.320. The van der Waals surface area contributed by atoms with E-state index in [4.69, 9.17) is 26.4 Å². The van der Waals surface area contributed by atoms with Crippen molar-refractivity contribution in [1.82, 2.24) is 10.2 Å². The van der Waals surface area contributed by atoms with E-state index in [1.54, 1.807) is 47.4 Å². The molecule has 1 aliphatic rings. The van der Waals surface area contributed by atoms with E-state index in [9.17, 15) is 9.59 Å². The molecule has 0 aromatic heterocycles. The van der Waals surface area contributed by atoms with Crippen LogP contribution in [-0.4, -0.2) is 48.7 Å². The van der Waals surface area contributed by atoms with E-state index >= 15 is 0 Å². The van der Waals surface area contributed by atoms with Crippen LogP contribution in [0.3, 0.4) is 0 Å². The molecule has 0 saturated carbocycles. The summed E-state index contributed by atoms with van der Waals surface area (Å²) >= 11 is 5.30. The van der Waals surface area contributed by atoms with Gasteiger partial charge in [-0.25, -0.2) is 0 Å². The number of thiocarbonyl (C=S) groups is 1. The van der Waals surface area contributed by atoms with Gasteiger partial charge >= 0.3 is 0 Å². The summed E-state index contributed by atoms with van der Waals surface area (Å²) in [4.78, 5) is 26.6. The second kappa shape index (κ2) is 12.0. The molecular formula is C25H29N3O5S. The number of hydrogen-bond donors (Lipinski definition) is 2. The van der Waals surface area contributed by atoms with Gasteiger partial charge in [-0.3, -0.25) is 14.5 Å². The average Bonchev–Trinajstić information content (AvgIpc) is 3.09. The quantitative estimate of drug-likeness (QED) is 0.369. The fourth-order valence-corrected chi connectivity index (χ4v) is 3.62. The van der Waals surface area contributed by atoms with E-state index in [0.29, 0.717) is 46.9 Å². The molecular weight excluding hydrogens is 454 g/mol. The Kier molecular flexibility index (Phi) is 8.86. The number of amides is 2. The summed E-state index contributed by atoms with van der Waals surface area (Å²) in [5.74, 6) is 0.971. The highest BCUT2D eigenvalue weighted by atomic mass is 32.1. The van der Waals surface area contributed by atoms with Crippen molar-refractivity contribution in [2.75, 3.05) is 32.2 Å². The first-order chi connectivity index (χ1) is 16.5. The Labute approximate surface area is 204 Å². The fourth-order valence-electron chi connectivity index (χ4n) is 3.34. The smallest absolute Gasteiger partial charge is 0.276 e. The molecule has 2 aromatic rings. The monoisotopic (exact) mass is 483 g/mol. The number of rotatable bonds is 11. The molecule has 2 aromatic carbocycles. The van der Waals surface area contributed by atoms with Crippen molar-refractivity contribution < 1.29 is 23.8 Å². The molecule has 9 heteroatoms. The Hall–Kier alpha value is -3.59. The predicted molar refractivity (Wildman–Crippen MR) is 135 cm³/mol. The number of carbonyl (C=O) groups excluding carboxylic acids is 2. The SMILES string of the molecule is CCCCN1C(=O)/C(=C\c2ccc(OCC(=O)Nc3ccccc3OC)c(OCC)c2)NC1=S. The molecule has 0 aliphatic carbocycles. The Balaban J connectivity index is 1.69. The lowest BCUT2D eigenvalue weighted by Crippen LogP contribution is -2.31. The van der Waals surface area contributed by atoms with Crippen molar-refractivity contribution >= 4 is 40.9 Å². The first kappa shape index (κ1) is 25.0. The Morgan fingerprint density at radius 3 is 2.65 bits per heavy atom. The molecule has 0 radical (unpaired) electrons. The maximum absolute atomic E-state index is 12.7. The van der Waals surface area contributed by atoms with Crippen molar-refractivity contribution in [2.24, 2.45) is 0 Å². The van der Waals surface area contributed by atoms with Crippen molar-refractivity contribution in [3.05, 3.63) is 53.7 Å².